The Labute approximate surface area is 118 Å². The second-order valence-electron chi connectivity index (χ2n) is 5.20. The Kier molecular flexibility index (Phi) is 2.40. The maximum Gasteiger partial charge on any atom is 0.0490 e. The van der Waals surface area contributed by atoms with Crippen molar-refractivity contribution in [2.24, 2.45) is 7.05 Å². The zero-order chi connectivity index (χ0) is 13.5. The molecule has 0 aliphatic heterocycles. The fourth-order valence-corrected chi connectivity index (χ4v) is 3.01. The molecule has 0 saturated heterocycles. The lowest BCUT2D eigenvalue weighted by Crippen LogP contribution is -1.92. The average Bonchev–Trinajstić information content (AvgIpc) is 2.90. The van der Waals surface area contributed by atoms with Crippen LogP contribution in [-0.4, -0.2) is 4.57 Å². The molecule has 96 valence electrons. The molecule has 1 aromatic heterocycles. The Balaban J connectivity index is 2.26. The van der Waals surface area contributed by atoms with E-state index in [9.17, 15) is 0 Å². The van der Waals surface area contributed by atoms with Gasteiger partial charge in [0, 0.05) is 24.5 Å². The molecule has 0 saturated carbocycles. The molecule has 1 heteroatoms. The van der Waals surface area contributed by atoms with Gasteiger partial charge in [0.15, 0.2) is 0 Å². The lowest BCUT2D eigenvalue weighted by atomic mass is 9.95. The summed E-state index contributed by atoms with van der Waals surface area (Å²) in [7, 11) is 2.10. The number of aromatic nitrogens is 1. The van der Waals surface area contributed by atoms with Gasteiger partial charge in [-0.1, -0.05) is 48.5 Å². The number of hydrogen-bond donors (Lipinski definition) is 0. The number of benzene rings is 3. The van der Waals surface area contributed by atoms with E-state index < -0.39 is 0 Å². The number of hydrogen-bond acceptors (Lipinski definition) is 0. The first-order chi connectivity index (χ1) is 9.84. The molecule has 0 aliphatic carbocycles. The molecule has 4 rings (SSSR count). The molecular weight excluding hydrogens is 242 g/mol. The molecule has 0 atom stereocenters. The summed E-state index contributed by atoms with van der Waals surface area (Å²) in [5.74, 6) is 0. The van der Waals surface area contributed by atoms with Crippen LogP contribution >= 0.6 is 0 Å². The van der Waals surface area contributed by atoms with E-state index in [2.05, 4.69) is 84.5 Å². The summed E-state index contributed by atoms with van der Waals surface area (Å²) in [5.41, 5.74) is 2.59. The van der Waals surface area contributed by atoms with Crippen LogP contribution in [-0.2, 0) is 7.05 Å². The molecule has 4 aromatic rings. The SMILES string of the molecule is Cn1cccc1-c1c2ccccc2cc2ccccc12. The van der Waals surface area contributed by atoms with Crippen LogP contribution in [0.2, 0.25) is 0 Å². The van der Waals surface area contributed by atoms with Crippen LogP contribution in [0.4, 0.5) is 0 Å². The van der Waals surface area contributed by atoms with Gasteiger partial charge in [0.2, 0.25) is 0 Å². The van der Waals surface area contributed by atoms with Gasteiger partial charge in [-0.3, -0.25) is 0 Å². The van der Waals surface area contributed by atoms with Crippen molar-refractivity contribution in [2.45, 2.75) is 0 Å². The summed E-state index contributed by atoms with van der Waals surface area (Å²) in [6.45, 7) is 0. The molecule has 0 bridgehead atoms. The van der Waals surface area contributed by atoms with E-state index in [0.717, 1.165) is 0 Å². The zero-order valence-electron chi connectivity index (χ0n) is 11.4. The van der Waals surface area contributed by atoms with Crippen LogP contribution in [0.15, 0.2) is 72.9 Å². The lowest BCUT2D eigenvalue weighted by Gasteiger charge is -2.12. The van der Waals surface area contributed by atoms with Crippen molar-refractivity contribution in [2.75, 3.05) is 0 Å². The predicted octanol–water partition coefficient (Wildman–Crippen LogP) is 5.00. The topological polar surface area (TPSA) is 4.93 Å². The molecular formula is C19H15N. The first-order valence-electron chi connectivity index (χ1n) is 6.87. The van der Waals surface area contributed by atoms with Gasteiger partial charge in [-0.15, -0.1) is 0 Å². The minimum atomic E-state index is 1.26. The van der Waals surface area contributed by atoms with E-state index in [1.54, 1.807) is 0 Å². The Morgan fingerprint density at radius 2 is 1.30 bits per heavy atom. The maximum absolute atomic E-state index is 2.27. The van der Waals surface area contributed by atoms with E-state index >= 15 is 0 Å². The molecule has 0 unspecified atom stereocenters. The summed E-state index contributed by atoms with van der Waals surface area (Å²) in [4.78, 5) is 0. The van der Waals surface area contributed by atoms with Crippen molar-refractivity contribution in [3.05, 3.63) is 72.9 Å². The Morgan fingerprint density at radius 3 is 1.85 bits per heavy atom. The summed E-state index contributed by atoms with van der Waals surface area (Å²) < 4.78 is 2.19. The van der Waals surface area contributed by atoms with Crippen LogP contribution in [0.1, 0.15) is 0 Å². The molecule has 1 nitrogen and oxygen atoms in total. The van der Waals surface area contributed by atoms with Crippen LogP contribution in [0.5, 0.6) is 0 Å². The third-order valence-electron chi connectivity index (χ3n) is 3.97. The molecule has 0 aliphatic rings. The first-order valence-corrected chi connectivity index (χ1v) is 6.87. The van der Waals surface area contributed by atoms with Gasteiger partial charge in [-0.2, -0.15) is 0 Å². The van der Waals surface area contributed by atoms with Crippen LogP contribution in [0.25, 0.3) is 32.8 Å². The Morgan fingerprint density at radius 1 is 0.700 bits per heavy atom. The van der Waals surface area contributed by atoms with Gasteiger partial charge in [0.1, 0.15) is 0 Å². The molecule has 0 radical (unpaired) electrons. The number of fused-ring (bicyclic) bond motifs is 2. The summed E-state index contributed by atoms with van der Waals surface area (Å²) >= 11 is 0. The van der Waals surface area contributed by atoms with Crippen molar-refractivity contribution in [3.8, 4) is 11.3 Å². The van der Waals surface area contributed by atoms with Crippen LogP contribution < -0.4 is 0 Å². The van der Waals surface area contributed by atoms with E-state index in [-0.39, 0.29) is 0 Å². The quantitative estimate of drug-likeness (QED) is 0.423. The van der Waals surface area contributed by atoms with Gasteiger partial charge >= 0.3 is 0 Å². The highest BCUT2D eigenvalue weighted by atomic mass is 14.9. The fraction of sp³-hybridized carbons (Fsp3) is 0.0526. The first kappa shape index (κ1) is 11.3. The fourth-order valence-electron chi connectivity index (χ4n) is 3.01. The van der Waals surface area contributed by atoms with Crippen molar-refractivity contribution in [1.82, 2.24) is 4.57 Å². The summed E-state index contributed by atoms with van der Waals surface area (Å²) in [6.07, 6.45) is 2.10. The smallest absolute Gasteiger partial charge is 0.0490 e. The maximum atomic E-state index is 2.27. The second kappa shape index (κ2) is 4.24. The average molecular weight is 257 g/mol. The van der Waals surface area contributed by atoms with Gasteiger partial charge < -0.3 is 4.57 Å². The second-order valence-corrected chi connectivity index (χ2v) is 5.20. The van der Waals surface area contributed by atoms with Crippen molar-refractivity contribution in [1.29, 1.82) is 0 Å². The molecule has 0 amide bonds. The van der Waals surface area contributed by atoms with Gasteiger partial charge in [0.25, 0.3) is 0 Å². The lowest BCUT2D eigenvalue weighted by molar-refractivity contribution is 0.939. The van der Waals surface area contributed by atoms with Gasteiger partial charge in [-0.05, 0) is 39.7 Å². The minimum Gasteiger partial charge on any atom is -0.351 e. The monoisotopic (exact) mass is 257 g/mol. The Hall–Kier alpha value is -2.54. The zero-order valence-corrected chi connectivity index (χ0v) is 11.4. The minimum absolute atomic E-state index is 1.26. The predicted molar refractivity (Wildman–Crippen MR) is 85.9 cm³/mol. The third-order valence-corrected chi connectivity index (χ3v) is 3.97. The van der Waals surface area contributed by atoms with Crippen molar-refractivity contribution in [3.63, 3.8) is 0 Å². The molecule has 0 N–H and O–H groups in total. The highest BCUT2D eigenvalue weighted by Crippen LogP contribution is 2.36. The number of nitrogens with zero attached hydrogens (tertiary/aromatic N) is 1. The van der Waals surface area contributed by atoms with E-state index in [4.69, 9.17) is 0 Å². The summed E-state index contributed by atoms with van der Waals surface area (Å²) in [6, 6.07) is 23.8. The van der Waals surface area contributed by atoms with Crippen molar-refractivity contribution >= 4 is 21.5 Å². The highest BCUT2D eigenvalue weighted by molar-refractivity contribution is 6.12. The van der Waals surface area contributed by atoms with Gasteiger partial charge in [0.05, 0.1) is 0 Å². The standard InChI is InChI=1S/C19H15N/c1-20-12-6-11-18(20)19-16-9-4-2-7-14(16)13-15-8-3-5-10-17(15)19/h2-13H,1H3. The van der Waals surface area contributed by atoms with Crippen LogP contribution in [0.3, 0.4) is 0 Å². The molecule has 0 spiro atoms. The third kappa shape index (κ3) is 1.56. The van der Waals surface area contributed by atoms with E-state index in [0.29, 0.717) is 0 Å². The normalized spacial score (nSPS) is 11.2. The molecule has 20 heavy (non-hydrogen) atoms. The molecule has 0 fully saturated rings. The molecule has 3 aromatic carbocycles. The number of rotatable bonds is 1. The largest absolute Gasteiger partial charge is 0.351 e. The van der Waals surface area contributed by atoms with E-state index in [1.807, 2.05) is 0 Å². The summed E-state index contributed by atoms with van der Waals surface area (Å²) in [5, 5.41) is 5.21. The number of aryl methyl sites for hydroxylation is 1. The van der Waals surface area contributed by atoms with Crippen molar-refractivity contribution < 1.29 is 0 Å². The van der Waals surface area contributed by atoms with Crippen LogP contribution in [0, 0.1) is 0 Å². The highest BCUT2D eigenvalue weighted by Gasteiger charge is 2.11. The molecule has 1 heterocycles. The van der Waals surface area contributed by atoms with Gasteiger partial charge in [-0.25, -0.2) is 0 Å². The Bertz CT molecular complexity index is 861. The van der Waals surface area contributed by atoms with E-state index in [1.165, 1.54) is 32.8 Å².